The van der Waals surface area contributed by atoms with Gasteiger partial charge < -0.3 is 24.6 Å². The van der Waals surface area contributed by atoms with Crippen LogP contribution in [0.2, 0.25) is 0 Å². The third-order valence-corrected chi connectivity index (χ3v) is 5.55. The van der Waals surface area contributed by atoms with Crippen LogP contribution in [0.15, 0.2) is 42.5 Å². The van der Waals surface area contributed by atoms with E-state index < -0.39 is 0 Å². The van der Waals surface area contributed by atoms with Crippen molar-refractivity contribution in [3.8, 4) is 11.5 Å². The first kappa shape index (κ1) is 22.6. The normalized spacial score (nSPS) is 14.2. The van der Waals surface area contributed by atoms with Crippen LogP contribution in [-0.4, -0.2) is 63.2 Å². The standard InChI is InChI=1S/C24H31N3O4/c1-4-18-8-6-7-9-20(18)25-23(28)17-26-12-14-27(15-13-26)24(29)19-10-11-21(31-5-2)22(16-19)30-3/h6-11,16H,4-5,12-15,17H2,1-3H3,(H,25,28)/p+1. The van der Waals surface area contributed by atoms with Gasteiger partial charge in [-0.3, -0.25) is 9.59 Å². The molecule has 0 bridgehead atoms. The maximum absolute atomic E-state index is 12.9. The van der Waals surface area contributed by atoms with Gasteiger partial charge in [0.05, 0.1) is 39.9 Å². The summed E-state index contributed by atoms with van der Waals surface area (Å²) in [4.78, 5) is 28.4. The van der Waals surface area contributed by atoms with Crippen LogP contribution in [0, 0.1) is 0 Å². The molecule has 1 aliphatic rings. The first-order chi connectivity index (χ1) is 15.0. The van der Waals surface area contributed by atoms with Gasteiger partial charge in [-0.25, -0.2) is 0 Å². The fraction of sp³-hybridized carbons (Fsp3) is 0.417. The number of nitrogens with zero attached hydrogens (tertiary/aromatic N) is 1. The molecule has 7 nitrogen and oxygen atoms in total. The number of hydrogen-bond acceptors (Lipinski definition) is 4. The number of hydrogen-bond donors (Lipinski definition) is 2. The molecule has 2 N–H and O–H groups in total. The Balaban J connectivity index is 1.53. The molecule has 0 radical (unpaired) electrons. The highest BCUT2D eigenvalue weighted by atomic mass is 16.5. The van der Waals surface area contributed by atoms with E-state index in [9.17, 15) is 9.59 Å². The third kappa shape index (κ3) is 5.76. The average molecular weight is 427 g/mol. The predicted molar refractivity (Wildman–Crippen MR) is 120 cm³/mol. The molecule has 3 rings (SSSR count). The lowest BCUT2D eigenvalue weighted by atomic mass is 10.1. The number of methoxy groups -OCH3 is 1. The van der Waals surface area contributed by atoms with Gasteiger partial charge in [0.2, 0.25) is 0 Å². The van der Waals surface area contributed by atoms with E-state index in [-0.39, 0.29) is 11.8 Å². The Kier molecular flexibility index (Phi) is 7.89. The zero-order valence-electron chi connectivity index (χ0n) is 18.6. The summed E-state index contributed by atoms with van der Waals surface area (Å²) < 4.78 is 10.9. The van der Waals surface area contributed by atoms with Crippen molar-refractivity contribution in [2.75, 3.05) is 51.8 Å². The van der Waals surface area contributed by atoms with Crippen LogP contribution in [0.1, 0.15) is 29.8 Å². The van der Waals surface area contributed by atoms with Gasteiger partial charge in [0.1, 0.15) is 0 Å². The molecule has 1 aliphatic heterocycles. The Labute approximate surface area is 183 Å². The highest BCUT2D eigenvalue weighted by Crippen LogP contribution is 2.28. The van der Waals surface area contributed by atoms with Crippen molar-refractivity contribution in [2.45, 2.75) is 20.3 Å². The summed E-state index contributed by atoms with van der Waals surface area (Å²) in [7, 11) is 1.57. The lowest BCUT2D eigenvalue weighted by Gasteiger charge is -2.32. The summed E-state index contributed by atoms with van der Waals surface area (Å²) in [6.45, 7) is 7.62. The molecule has 1 saturated heterocycles. The highest BCUT2D eigenvalue weighted by molar-refractivity contribution is 5.95. The van der Waals surface area contributed by atoms with Gasteiger partial charge in [-0.05, 0) is 43.2 Å². The molecule has 0 unspecified atom stereocenters. The van der Waals surface area contributed by atoms with Gasteiger partial charge in [-0.1, -0.05) is 25.1 Å². The van der Waals surface area contributed by atoms with Crippen molar-refractivity contribution >= 4 is 17.5 Å². The number of carbonyl (C=O) groups is 2. The molecule has 0 aromatic heterocycles. The van der Waals surface area contributed by atoms with Crippen LogP contribution < -0.4 is 19.7 Å². The molecule has 2 aromatic rings. The summed E-state index contributed by atoms with van der Waals surface area (Å²) in [6, 6.07) is 13.2. The molecule has 0 saturated carbocycles. The molecule has 0 spiro atoms. The number of nitrogens with one attached hydrogen (secondary N) is 2. The highest BCUT2D eigenvalue weighted by Gasteiger charge is 2.26. The third-order valence-electron chi connectivity index (χ3n) is 5.55. The van der Waals surface area contributed by atoms with Gasteiger partial charge in [0, 0.05) is 11.3 Å². The summed E-state index contributed by atoms with van der Waals surface area (Å²) in [5.74, 6) is 1.17. The number of amides is 2. The maximum Gasteiger partial charge on any atom is 0.279 e. The lowest BCUT2D eigenvalue weighted by Crippen LogP contribution is -3.15. The number of carbonyl (C=O) groups excluding carboxylic acids is 2. The van der Waals surface area contributed by atoms with Gasteiger partial charge >= 0.3 is 0 Å². The van der Waals surface area contributed by atoms with Crippen molar-refractivity contribution < 1.29 is 24.0 Å². The minimum absolute atomic E-state index is 0.00641. The quantitative estimate of drug-likeness (QED) is 0.673. The molecule has 2 aromatic carbocycles. The second kappa shape index (κ2) is 10.8. The van der Waals surface area contributed by atoms with E-state index in [1.54, 1.807) is 25.3 Å². The van der Waals surface area contributed by atoms with Crippen molar-refractivity contribution in [1.82, 2.24) is 4.90 Å². The number of aryl methyl sites for hydroxylation is 1. The second-order valence-electron chi connectivity index (χ2n) is 7.58. The number of ether oxygens (including phenoxy) is 2. The predicted octanol–water partition coefficient (Wildman–Crippen LogP) is 1.64. The van der Waals surface area contributed by atoms with Gasteiger partial charge in [0.25, 0.3) is 11.8 Å². The Hall–Kier alpha value is -3.06. The number of rotatable bonds is 8. The summed E-state index contributed by atoms with van der Waals surface area (Å²) in [6.07, 6.45) is 0.875. The summed E-state index contributed by atoms with van der Waals surface area (Å²) in [5, 5.41) is 3.03. The van der Waals surface area contributed by atoms with Crippen LogP contribution in [0.5, 0.6) is 11.5 Å². The van der Waals surface area contributed by atoms with E-state index >= 15 is 0 Å². The molecular formula is C24H32N3O4+. The van der Waals surface area contributed by atoms with Gasteiger partial charge in [-0.15, -0.1) is 0 Å². The molecular weight excluding hydrogens is 394 g/mol. The van der Waals surface area contributed by atoms with Crippen LogP contribution in [0.25, 0.3) is 0 Å². The van der Waals surface area contributed by atoms with Crippen LogP contribution in [-0.2, 0) is 11.2 Å². The Morgan fingerprint density at radius 1 is 1.06 bits per heavy atom. The zero-order valence-corrected chi connectivity index (χ0v) is 18.6. The number of benzene rings is 2. The van der Waals surface area contributed by atoms with Gasteiger partial charge in [0.15, 0.2) is 18.0 Å². The van der Waals surface area contributed by atoms with Crippen LogP contribution in [0.4, 0.5) is 5.69 Å². The fourth-order valence-corrected chi connectivity index (χ4v) is 3.83. The minimum Gasteiger partial charge on any atom is -0.493 e. The molecule has 1 heterocycles. The second-order valence-corrected chi connectivity index (χ2v) is 7.58. The molecule has 166 valence electrons. The van der Waals surface area contributed by atoms with Crippen molar-refractivity contribution in [1.29, 1.82) is 0 Å². The largest absolute Gasteiger partial charge is 0.493 e. The van der Waals surface area contributed by atoms with E-state index in [2.05, 4.69) is 12.2 Å². The van der Waals surface area contributed by atoms with Crippen molar-refractivity contribution in [3.05, 3.63) is 53.6 Å². The average Bonchev–Trinajstić information content (AvgIpc) is 2.80. The molecule has 0 aliphatic carbocycles. The van der Waals surface area contributed by atoms with Crippen LogP contribution in [0.3, 0.4) is 0 Å². The number of piperazine rings is 1. The van der Waals surface area contributed by atoms with Gasteiger partial charge in [-0.2, -0.15) is 0 Å². The topological polar surface area (TPSA) is 72.3 Å². The molecule has 0 atom stereocenters. The van der Waals surface area contributed by atoms with E-state index in [1.807, 2.05) is 36.1 Å². The fourth-order valence-electron chi connectivity index (χ4n) is 3.83. The molecule has 7 heteroatoms. The Morgan fingerprint density at radius 3 is 2.48 bits per heavy atom. The van der Waals surface area contributed by atoms with Crippen LogP contribution >= 0.6 is 0 Å². The van der Waals surface area contributed by atoms with E-state index in [0.29, 0.717) is 43.3 Å². The molecule has 2 amide bonds. The Morgan fingerprint density at radius 2 is 1.81 bits per heavy atom. The summed E-state index contributed by atoms with van der Waals surface area (Å²) >= 11 is 0. The monoisotopic (exact) mass is 426 g/mol. The summed E-state index contributed by atoms with van der Waals surface area (Å²) in [5.41, 5.74) is 2.59. The number of anilines is 1. The van der Waals surface area contributed by atoms with E-state index in [1.165, 1.54) is 4.90 Å². The first-order valence-corrected chi connectivity index (χ1v) is 10.9. The molecule has 31 heavy (non-hydrogen) atoms. The lowest BCUT2D eigenvalue weighted by molar-refractivity contribution is -0.895. The van der Waals surface area contributed by atoms with Crippen molar-refractivity contribution in [3.63, 3.8) is 0 Å². The Bertz CT molecular complexity index is 907. The first-order valence-electron chi connectivity index (χ1n) is 10.9. The molecule has 1 fully saturated rings. The number of quaternary nitrogens is 1. The SMILES string of the molecule is CCOc1ccc(C(=O)N2CC[NH+](CC(=O)Nc3ccccc3CC)CC2)cc1OC. The van der Waals surface area contributed by atoms with E-state index in [4.69, 9.17) is 9.47 Å². The minimum atomic E-state index is -0.0262. The van der Waals surface area contributed by atoms with Crippen molar-refractivity contribution in [2.24, 2.45) is 0 Å². The maximum atomic E-state index is 12.9. The zero-order chi connectivity index (χ0) is 22.2. The smallest absolute Gasteiger partial charge is 0.279 e. The van der Waals surface area contributed by atoms with E-state index in [0.717, 1.165) is 30.8 Å². The number of para-hydroxylation sites is 1.